The number of nitriles is 3. The van der Waals surface area contributed by atoms with Gasteiger partial charge in [-0.3, -0.25) is 14.6 Å². The van der Waals surface area contributed by atoms with Gasteiger partial charge in [0, 0.05) is 143 Å². The van der Waals surface area contributed by atoms with Crippen LogP contribution in [-0.2, 0) is 72.4 Å². The summed E-state index contributed by atoms with van der Waals surface area (Å²) in [5.41, 5.74) is 6.37. The van der Waals surface area contributed by atoms with Crippen LogP contribution >= 0.6 is 86.9 Å². The second-order valence-corrected chi connectivity index (χ2v) is 34.3. The zero-order valence-electron chi connectivity index (χ0n) is 74.6. The molecule has 11 rings (SSSR count). The zero-order valence-corrected chi connectivity index (χ0v) is 82.4. The highest BCUT2D eigenvalue weighted by Crippen LogP contribution is 2.45. The summed E-state index contributed by atoms with van der Waals surface area (Å²) in [7, 11) is 3.20. The van der Waals surface area contributed by atoms with Crippen molar-refractivity contribution < 1.29 is 89.5 Å². The van der Waals surface area contributed by atoms with Crippen molar-refractivity contribution >= 4 is 111 Å². The Hall–Kier alpha value is -8.01. The Morgan fingerprint density at radius 1 is 0.488 bits per heavy atom. The number of halogens is 8. The lowest BCUT2D eigenvalue weighted by atomic mass is 9.73. The molecule has 8 aromatic rings. The number of methoxy groups -OCH3 is 2. The molecule has 3 aliphatic heterocycles. The van der Waals surface area contributed by atoms with E-state index in [1.54, 1.807) is 67.9 Å². The lowest BCUT2D eigenvalue weighted by Gasteiger charge is -2.50. The number of rotatable bonds is 29. The Balaban J connectivity index is 0.000000318. The van der Waals surface area contributed by atoms with Crippen LogP contribution in [0.2, 0.25) is 0 Å². The number of hydrogen-bond donors (Lipinski definition) is 1. The van der Waals surface area contributed by atoms with Crippen molar-refractivity contribution in [3.05, 3.63) is 279 Å². The van der Waals surface area contributed by atoms with Crippen molar-refractivity contribution in [1.29, 1.82) is 15.8 Å². The normalized spacial score (nSPS) is 13.9. The second-order valence-electron chi connectivity index (χ2n) is 29.9. The second kappa shape index (κ2) is 58.6. The molecule has 127 heavy (non-hydrogen) atoms. The summed E-state index contributed by atoms with van der Waals surface area (Å²) < 4.78 is 93.9. The quantitative estimate of drug-likeness (QED) is 0.00867. The van der Waals surface area contributed by atoms with E-state index in [2.05, 4.69) is 204 Å². The Bertz CT molecular complexity index is 4580. The molecular formula is C96H116Br4Cl2F2N6O17. The highest BCUT2D eigenvalue weighted by molar-refractivity contribution is 9.11. The van der Waals surface area contributed by atoms with Gasteiger partial charge in [-0.05, 0) is 205 Å². The largest absolute Gasteiger partial charge is 0.519 e. The molecule has 0 spiro atoms. The minimum Gasteiger partial charge on any atom is -0.434 e. The summed E-state index contributed by atoms with van der Waals surface area (Å²) in [6.45, 7) is 33.0. The lowest BCUT2D eigenvalue weighted by Crippen LogP contribution is -2.59. The first-order chi connectivity index (χ1) is 60.5. The topological polar surface area (TPSA) is 278 Å². The SMILES string of the molecule is CC(C)(C)OC(=O)OC(=O)OC(C)(C)C.CC(Cl)OC(=O)Cl.CCOC(OCC)OCC.CCOC(OCC)c1ccc(C2(C#N)CN(C(c3ccccc3)c3ccccc3)C2)c(Br)c1.CCOC(OCC)c1ccc(F)c(Br)c1.COC(OC)c1ccc(C2(C#N)CNC2)c(Br)c1.N#CC1CN(C(c2ccccc2)c2ccccc2)C1.O=Cc1ccc(F)c(Br)c1. The molecule has 0 radical (unpaired) electrons. The van der Waals surface area contributed by atoms with Gasteiger partial charge in [-0.2, -0.15) is 15.8 Å². The summed E-state index contributed by atoms with van der Waals surface area (Å²) in [4.78, 5) is 46.6. The predicted molar refractivity (Wildman–Crippen MR) is 500 cm³/mol. The third kappa shape index (κ3) is 38.5. The van der Waals surface area contributed by atoms with Crippen molar-refractivity contribution in [1.82, 2.24) is 15.1 Å². The molecule has 31 heteroatoms. The minimum atomic E-state index is -1.06. The minimum absolute atomic E-state index is 0.118. The van der Waals surface area contributed by atoms with Gasteiger partial charge in [-0.25, -0.2) is 23.2 Å². The Morgan fingerprint density at radius 3 is 1.11 bits per heavy atom. The fourth-order valence-corrected chi connectivity index (χ4v) is 15.1. The van der Waals surface area contributed by atoms with E-state index < -0.39 is 64.4 Å². The van der Waals surface area contributed by atoms with E-state index in [-0.39, 0.29) is 35.9 Å². The smallest absolute Gasteiger partial charge is 0.434 e. The van der Waals surface area contributed by atoms with Crippen LogP contribution in [0.3, 0.4) is 0 Å². The van der Waals surface area contributed by atoms with E-state index in [4.69, 9.17) is 80.6 Å². The first-order valence-electron chi connectivity index (χ1n) is 41.1. The molecule has 1 N–H and O–H groups in total. The molecule has 0 amide bonds. The molecular weight excluding hydrogens is 1940 g/mol. The van der Waals surface area contributed by atoms with Crippen LogP contribution in [-0.4, -0.2) is 157 Å². The van der Waals surface area contributed by atoms with Gasteiger partial charge in [0.2, 0.25) is 0 Å². The molecule has 0 aliphatic carbocycles. The van der Waals surface area contributed by atoms with E-state index in [9.17, 15) is 38.5 Å². The third-order valence-electron chi connectivity index (χ3n) is 18.2. The van der Waals surface area contributed by atoms with Crippen LogP contribution in [0.4, 0.5) is 23.2 Å². The maximum absolute atomic E-state index is 13.0. The van der Waals surface area contributed by atoms with Crippen LogP contribution in [0, 0.1) is 51.5 Å². The van der Waals surface area contributed by atoms with Crippen LogP contribution in [0.25, 0.3) is 0 Å². The first-order valence-corrected chi connectivity index (χ1v) is 45.1. The van der Waals surface area contributed by atoms with E-state index >= 15 is 0 Å². The van der Waals surface area contributed by atoms with Crippen molar-refractivity contribution in [2.24, 2.45) is 5.92 Å². The molecule has 0 saturated carbocycles. The summed E-state index contributed by atoms with van der Waals surface area (Å²) >= 11 is 23.2. The average molecular weight is 2050 g/mol. The summed E-state index contributed by atoms with van der Waals surface area (Å²) in [5, 5.41) is 31.7. The number of benzene rings is 8. The number of nitrogens with one attached hydrogen (secondary N) is 1. The number of ether oxygens (including phenoxy) is 13. The molecule has 0 aromatic heterocycles. The molecule has 3 fully saturated rings. The summed E-state index contributed by atoms with van der Waals surface area (Å²) in [6, 6.07) is 70.6. The van der Waals surface area contributed by atoms with Gasteiger partial charge in [0.25, 0.3) is 6.48 Å². The highest BCUT2D eigenvalue weighted by Gasteiger charge is 2.49. The van der Waals surface area contributed by atoms with Gasteiger partial charge in [0.1, 0.15) is 40.0 Å². The number of likely N-dealkylation sites (tertiary alicyclic amines) is 2. The number of nitrogens with zero attached hydrogens (tertiary/aromatic N) is 5. The molecule has 3 saturated heterocycles. The molecule has 23 nitrogen and oxygen atoms in total. The number of carbonyl (C=O) groups excluding carboxylic acids is 4. The Kier molecular flexibility index (Phi) is 51.4. The fraction of sp³-hybridized carbons (Fsp3) is 0.427. The molecule has 0 bridgehead atoms. The van der Waals surface area contributed by atoms with Crippen LogP contribution in [0.15, 0.2) is 212 Å². The average Bonchev–Trinajstić information content (AvgIpc) is 0.732. The van der Waals surface area contributed by atoms with Crippen molar-refractivity contribution in [3.8, 4) is 18.2 Å². The van der Waals surface area contributed by atoms with Crippen LogP contribution < -0.4 is 5.32 Å². The maximum Gasteiger partial charge on any atom is 0.519 e. The molecule has 8 aromatic carbocycles. The summed E-state index contributed by atoms with van der Waals surface area (Å²) in [6.07, 6.45) is -2.65. The lowest BCUT2D eigenvalue weighted by molar-refractivity contribution is -0.282. The Morgan fingerprint density at radius 2 is 0.827 bits per heavy atom. The standard InChI is InChI=1S/C28H29BrN2O2.C17H16N2.C13H15BrN2O2.C11H14BrFO2.C10H18O5.C7H4BrFO.C7H16O3.C3H4Cl2O2/c1-3-32-27(33-4-2)23-15-16-24(25(29)17-23)28(18-30)19-31(20-28)26(21-11-7-5-8-12-21)22-13-9-6-10-14-22;18-11-14-12-19(13-14)17(15-7-3-1-4-8-15)16-9-5-2-6-10-16;1-17-12(18-2)9-3-4-10(11(14)5-9)13(6-15)7-16-8-13;1-3-14-11(15-4-2)8-5-6-10(13)9(12)7-8;1-9(2,3)14-7(11)13-8(12)15-10(4,5)6;8-6-3-5(4-10)1-2-7(6)9;1-4-8-7(9-5-2)10-6-3;1-2(4)7-3(5)6/h5-17,26-27H,3-4,19-20H2,1-2H3;1-10,14,17H,12-13H2;3-5,12,16H,7-8H2,1-2H3;5-7,11H,3-4H2,1-2H3;1-6H3;1-4H;7H,4-6H2,1-3H3;2H,1H3. The van der Waals surface area contributed by atoms with Gasteiger partial charge in [0.05, 0.1) is 45.2 Å². The monoisotopic (exact) mass is 2050 g/mol. The fourth-order valence-electron chi connectivity index (χ4n) is 12.5. The van der Waals surface area contributed by atoms with Crippen LogP contribution in [0.1, 0.15) is 188 Å². The van der Waals surface area contributed by atoms with Gasteiger partial charge in [0.15, 0.2) is 24.4 Å². The van der Waals surface area contributed by atoms with E-state index in [0.717, 1.165) is 49.9 Å². The highest BCUT2D eigenvalue weighted by atomic mass is 79.9. The van der Waals surface area contributed by atoms with E-state index in [1.807, 2.05) is 109 Å². The van der Waals surface area contributed by atoms with Gasteiger partial charge in [-0.15, -0.1) is 0 Å². The van der Waals surface area contributed by atoms with Crippen molar-refractivity contribution in [2.45, 2.75) is 162 Å². The maximum atomic E-state index is 13.0. The molecule has 3 heterocycles. The van der Waals surface area contributed by atoms with Crippen LogP contribution in [0.5, 0.6) is 0 Å². The predicted octanol–water partition coefficient (Wildman–Crippen LogP) is 24.0. The number of carbonyl (C=O) groups is 4. The number of alkyl halides is 1. The molecule has 688 valence electrons. The van der Waals surface area contributed by atoms with Gasteiger partial charge in [-0.1, -0.05) is 195 Å². The van der Waals surface area contributed by atoms with Crippen molar-refractivity contribution in [2.75, 3.05) is 99.7 Å². The summed E-state index contributed by atoms with van der Waals surface area (Å²) in [5.74, 6) is -0.453. The van der Waals surface area contributed by atoms with E-state index in [1.165, 1.54) is 53.4 Å². The number of hydrogen-bond acceptors (Lipinski definition) is 23. The Labute approximate surface area is 790 Å². The zero-order chi connectivity index (χ0) is 94.3. The first kappa shape index (κ1) is 111. The molecule has 3 aliphatic rings. The molecule has 1 unspecified atom stereocenters. The van der Waals surface area contributed by atoms with Gasteiger partial charge >= 0.3 is 17.7 Å². The third-order valence-corrected chi connectivity index (χ3v) is 20.9. The van der Waals surface area contributed by atoms with Gasteiger partial charge < -0.3 is 66.9 Å². The van der Waals surface area contributed by atoms with E-state index in [0.29, 0.717) is 93.2 Å². The van der Waals surface area contributed by atoms with Crippen molar-refractivity contribution in [3.63, 3.8) is 0 Å². The molecule has 1 atom stereocenters. The number of aldehydes is 1.